The summed E-state index contributed by atoms with van der Waals surface area (Å²) in [6.07, 6.45) is 0.241. The van der Waals surface area contributed by atoms with Gasteiger partial charge in [-0.1, -0.05) is 0 Å². The van der Waals surface area contributed by atoms with Crippen LogP contribution in [0.25, 0.3) is 0 Å². The molecule has 0 aromatic rings. The van der Waals surface area contributed by atoms with Crippen molar-refractivity contribution in [2.75, 3.05) is 20.2 Å². The predicted molar refractivity (Wildman–Crippen MR) is 62.7 cm³/mol. The number of carboxylic acid groups (broad SMARTS) is 1. The number of hydrogen-bond donors (Lipinski definition) is 4. The average molecular weight is 261 g/mol. The van der Waals surface area contributed by atoms with Gasteiger partial charge in [0.15, 0.2) is 0 Å². The van der Waals surface area contributed by atoms with Gasteiger partial charge in [-0.05, 0) is 12.8 Å². The van der Waals surface area contributed by atoms with Gasteiger partial charge in [-0.15, -0.1) is 0 Å². The first-order valence-corrected chi connectivity index (χ1v) is 5.52. The quantitative estimate of drug-likeness (QED) is 0.432. The monoisotopic (exact) mass is 261 g/mol. The Kier molecular flexibility index (Phi) is 7.45. The first-order chi connectivity index (χ1) is 8.38. The van der Waals surface area contributed by atoms with Crippen LogP contribution in [0.5, 0.6) is 0 Å². The molecule has 0 saturated carbocycles. The Morgan fingerprint density at radius 3 is 2.44 bits per heavy atom. The van der Waals surface area contributed by atoms with Crippen molar-refractivity contribution in [1.29, 1.82) is 0 Å². The van der Waals surface area contributed by atoms with E-state index in [4.69, 9.17) is 15.9 Å². The Balaban J connectivity index is 4.26. The third-order valence-corrected chi connectivity index (χ3v) is 2.27. The Labute approximate surface area is 105 Å². The molecule has 0 unspecified atom stereocenters. The fraction of sp³-hybridized carbons (Fsp3) is 0.700. The van der Waals surface area contributed by atoms with Gasteiger partial charge < -0.3 is 26.2 Å². The van der Waals surface area contributed by atoms with Gasteiger partial charge in [-0.2, -0.15) is 0 Å². The maximum Gasteiger partial charge on any atom is 0.326 e. The molecule has 8 nitrogen and oxygen atoms in total. The standard InChI is InChI=1S/C10H19N3O5/c1-13(5-2-6-14)10(18)12-7(9(16)17)3-4-8(11)15/h7,14H,2-6H2,1H3,(H2,11,15)(H,12,18)(H,16,17)/t7-/m0/s1. The molecule has 1 atom stereocenters. The zero-order chi connectivity index (χ0) is 14.1. The lowest BCUT2D eigenvalue weighted by Gasteiger charge is -2.20. The lowest BCUT2D eigenvalue weighted by Crippen LogP contribution is -2.47. The molecule has 18 heavy (non-hydrogen) atoms. The van der Waals surface area contributed by atoms with Gasteiger partial charge in [0.1, 0.15) is 6.04 Å². The summed E-state index contributed by atoms with van der Waals surface area (Å²) in [7, 11) is 1.48. The van der Waals surface area contributed by atoms with Crippen LogP contribution in [-0.2, 0) is 9.59 Å². The van der Waals surface area contributed by atoms with Crippen LogP contribution in [0, 0.1) is 0 Å². The van der Waals surface area contributed by atoms with Crippen LogP contribution < -0.4 is 11.1 Å². The summed E-state index contributed by atoms with van der Waals surface area (Å²) in [5.41, 5.74) is 4.91. The number of aliphatic hydroxyl groups excluding tert-OH is 1. The third kappa shape index (κ3) is 6.69. The van der Waals surface area contributed by atoms with Crippen molar-refractivity contribution in [3.05, 3.63) is 0 Å². The Hall–Kier alpha value is -1.83. The largest absolute Gasteiger partial charge is 0.480 e. The number of nitrogens with two attached hydrogens (primary N) is 1. The minimum atomic E-state index is -1.22. The summed E-state index contributed by atoms with van der Waals surface area (Å²) >= 11 is 0. The highest BCUT2D eigenvalue weighted by molar-refractivity contribution is 5.83. The molecule has 0 bridgehead atoms. The maximum absolute atomic E-state index is 11.6. The summed E-state index contributed by atoms with van der Waals surface area (Å²) in [5.74, 6) is -1.84. The van der Waals surface area contributed by atoms with Gasteiger partial charge >= 0.3 is 12.0 Å². The van der Waals surface area contributed by atoms with Crippen LogP contribution in [-0.4, -0.2) is 59.3 Å². The summed E-state index contributed by atoms with van der Waals surface area (Å²) in [4.78, 5) is 34.2. The van der Waals surface area contributed by atoms with Gasteiger partial charge in [0.2, 0.25) is 5.91 Å². The Bertz CT molecular complexity index is 308. The van der Waals surface area contributed by atoms with Crippen molar-refractivity contribution in [3.8, 4) is 0 Å². The van der Waals surface area contributed by atoms with Crippen molar-refractivity contribution in [1.82, 2.24) is 10.2 Å². The zero-order valence-electron chi connectivity index (χ0n) is 10.3. The number of carboxylic acids is 1. The number of urea groups is 1. The second-order valence-corrected chi connectivity index (χ2v) is 3.84. The number of aliphatic carboxylic acids is 1. The molecule has 0 aliphatic heterocycles. The molecule has 0 rings (SSSR count). The summed E-state index contributed by atoms with van der Waals surface area (Å²) < 4.78 is 0. The van der Waals surface area contributed by atoms with E-state index in [0.717, 1.165) is 0 Å². The number of amides is 3. The number of hydrogen-bond acceptors (Lipinski definition) is 4. The molecule has 0 heterocycles. The van der Waals surface area contributed by atoms with E-state index in [2.05, 4.69) is 5.32 Å². The Morgan fingerprint density at radius 1 is 1.39 bits per heavy atom. The van der Waals surface area contributed by atoms with Crippen molar-refractivity contribution < 1.29 is 24.6 Å². The second kappa shape index (κ2) is 8.29. The van der Waals surface area contributed by atoms with Gasteiger partial charge in [-0.3, -0.25) is 4.79 Å². The van der Waals surface area contributed by atoms with Crippen LogP contribution in [0.1, 0.15) is 19.3 Å². The number of carbonyl (C=O) groups is 3. The molecule has 3 amide bonds. The minimum absolute atomic E-state index is 0.0513. The van der Waals surface area contributed by atoms with E-state index in [1.165, 1.54) is 11.9 Å². The normalized spacial score (nSPS) is 11.7. The smallest absolute Gasteiger partial charge is 0.326 e. The number of nitrogens with zero attached hydrogens (tertiary/aromatic N) is 1. The van der Waals surface area contributed by atoms with Crippen molar-refractivity contribution in [3.63, 3.8) is 0 Å². The van der Waals surface area contributed by atoms with Crippen LogP contribution in [0.3, 0.4) is 0 Å². The number of rotatable bonds is 8. The van der Waals surface area contributed by atoms with Crippen molar-refractivity contribution in [2.45, 2.75) is 25.3 Å². The third-order valence-electron chi connectivity index (χ3n) is 2.27. The molecule has 0 aromatic heterocycles. The second-order valence-electron chi connectivity index (χ2n) is 3.84. The fourth-order valence-electron chi connectivity index (χ4n) is 1.21. The van der Waals surface area contributed by atoms with Gasteiger partial charge in [0.05, 0.1) is 0 Å². The molecule has 0 aliphatic carbocycles. The van der Waals surface area contributed by atoms with E-state index in [1.807, 2.05) is 0 Å². The molecule has 0 fully saturated rings. The number of primary amides is 1. The number of carbonyl (C=O) groups excluding carboxylic acids is 2. The first kappa shape index (κ1) is 16.2. The summed E-state index contributed by atoms with van der Waals surface area (Å²) in [5, 5.41) is 19.8. The molecule has 0 saturated heterocycles. The molecular formula is C10H19N3O5. The fourth-order valence-corrected chi connectivity index (χ4v) is 1.21. The van der Waals surface area contributed by atoms with Gasteiger partial charge in [0.25, 0.3) is 0 Å². The van der Waals surface area contributed by atoms with E-state index in [9.17, 15) is 14.4 Å². The molecule has 0 aromatic carbocycles. The molecular weight excluding hydrogens is 242 g/mol. The SMILES string of the molecule is CN(CCCO)C(=O)N[C@@H](CCC(N)=O)C(=O)O. The highest BCUT2D eigenvalue weighted by Gasteiger charge is 2.21. The molecule has 104 valence electrons. The summed E-state index contributed by atoms with van der Waals surface area (Å²) in [6, 6.07) is -1.72. The topological polar surface area (TPSA) is 133 Å². The first-order valence-electron chi connectivity index (χ1n) is 5.52. The van der Waals surface area contributed by atoms with E-state index in [-0.39, 0.29) is 19.4 Å². The lowest BCUT2D eigenvalue weighted by molar-refractivity contribution is -0.139. The Morgan fingerprint density at radius 2 is 2.00 bits per heavy atom. The summed E-state index contributed by atoms with van der Waals surface area (Å²) in [6.45, 7) is 0.256. The van der Waals surface area contributed by atoms with E-state index < -0.39 is 23.9 Å². The van der Waals surface area contributed by atoms with Crippen LogP contribution >= 0.6 is 0 Å². The highest BCUT2D eigenvalue weighted by atomic mass is 16.4. The van der Waals surface area contributed by atoms with Crippen LogP contribution in [0.4, 0.5) is 4.79 Å². The maximum atomic E-state index is 11.6. The molecule has 5 N–H and O–H groups in total. The van der Waals surface area contributed by atoms with Crippen molar-refractivity contribution in [2.24, 2.45) is 5.73 Å². The zero-order valence-corrected chi connectivity index (χ0v) is 10.3. The molecule has 8 heteroatoms. The average Bonchev–Trinajstić information content (AvgIpc) is 2.30. The lowest BCUT2D eigenvalue weighted by atomic mass is 10.1. The van der Waals surface area contributed by atoms with E-state index in [1.54, 1.807) is 0 Å². The minimum Gasteiger partial charge on any atom is -0.480 e. The van der Waals surface area contributed by atoms with E-state index in [0.29, 0.717) is 13.0 Å². The number of aliphatic hydroxyl groups is 1. The molecule has 0 radical (unpaired) electrons. The van der Waals surface area contributed by atoms with Gasteiger partial charge in [-0.25, -0.2) is 9.59 Å². The predicted octanol–water partition coefficient (Wildman–Crippen LogP) is -1.27. The molecule has 0 spiro atoms. The number of nitrogens with one attached hydrogen (secondary N) is 1. The van der Waals surface area contributed by atoms with E-state index >= 15 is 0 Å². The highest BCUT2D eigenvalue weighted by Crippen LogP contribution is 1.99. The molecule has 0 aliphatic rings. The van der Waals surface area contributed by atoms with Crippen molar-refractivity contribution >= 4 is 17.9 Å². The van der Waals surface area contributed by atoms with Crippen LogP contribution in [0.2, 0.25) is 0 Å². The van der Waals surface area contributed by atoms with Crippen LogP contribution in [0.15, 0.2) is 0 Å². The van der Waals surface area contributed by atoms with Gasteiger partial charge in [0, 0.05) is 26.6 Å².